The first-order valence-electron chi connectivity index (χ1n) is 7.08. The number of ether oxygens (including phenoxy) is 1. The molecule has 0 unspecified atom stereocenters. The van der Waals surface area contributed by atoms with Crippen LogP contribution < -0.4 is 11.1 Å². The Morgan fingerprint density at radius 1 is 1.29 bits per heavy atom. The topological polar surface area (TPSA) is 81.4 Å². The van der Waals surface area contributed by atoms with Gasteiger partial charge in [0, 0.05) is 6.42 Å². The van der Waals surface area contributed by atoms with Gasteiger partial charge in [-0.1, -0.05) is 37.3 Å². The van der Waals surface area contributed by atoms with E-state index in [9.17, 15) is 9.59 Å². The van der Waals surface area contributed by atoms with Gasteiger partial charge < -0.3 is 15.8 Å². The molecule has 1 rings (SSSR count). The Morgan fingerprint density at radius 3 is 2.43 bits per heavy atom. The molecular weight excluding hydrogens is 268 g/mol. The summed E-state index contributed by atoms with van der Waals surface area (Å²) in [6.45, 7) is 5.49. The largest absolute Gasteiger partial charge is 0.374 e. The number of hydrogen-bond donors (Lipinski definition) is 2. The minimum Gasteiger partial charge on any atom is -0.374 e. The third-order valence-corrected chi connectivity index (χ3v) is 3.02. The second-order valence-electron chi connectivity index (χ2n) is 5.57. The summed E-state index contributed by atoms with van der Waals surface area (Å²) in [5.74, 6) is -0.432. The molecule has 116 valence electrons. The number of nitrogens with two attached hydrogens (primary N) is 1. The van der Waals surface area contributed by atoms with Gasteiger partial charge >= 0.3 is 0 Å². The van der Waals surface area contributed by atoms with E-state index in [1.807, 2.05) is 30.3 Å². The smallest absolute Gasteiger partial charge is 0.240 e. The Hall–Kier alpha value is -1.72. The second kappa shape index (κ2) is 7.90. The van der Waals surface area contributed by atoms with Gasteiger partial charge in [0.15, 0.2) is 5.78 Å². The lowest BCUT2D eigenvalue weighted by Gasteiger charge is -2.23. The predicted octanol–water partition coefficient (Wildman–Crippen LogP) is 1.40. The van der Waals surface area contributed by atoms with Crippen molar-refractivity contribution in [1.29, 1.82) is 0 Å². The Labute approximate surface area is 125 Å². The summed E-state index contributed by atoms with van der Waals surface area (Å²) in [5, 5.41) is 2.66. The SMILES string of the molecule is CCC(=O)[C@@H](COCc1ccccc1)NC(=O)C(C)(C)N. The number of Topliss-reactive ketones (excluding diaryl/α,β-unsaturated/α-hetero) is 1. The Balaban J connectivity index is 2.55. The highest BCUT2D eigenvalue weighted by Crippen LogP contribution is 2.04. The first-order chi connectivity index (χ1) is 9.84. The van der Waals surface area contributed by atoms with Crippen LogP contribution in [0, 0.1) is 0 Å². The van der Waals surface area contributed by atoms with E-state index in [1.54, 1.807) is 20.8 Å². The van der Waals surface area contributed by atoms with Crippen molar-refractivity contribution >= 4 is 11.7 Å². The molecule has 0 aromatic heterocycles. The van der Waals surface area contributed by atoms with Gasteiger partial charge in [0.1, 0.15) is 6.04 Å². The quantitative estimate of drug-likeness (QED) is 0.759. The van der Waals surface area contributed by atoms with E-state index in [1.165, 1.54) is 0 Å². The summed E-state index contributed by atoms with van der Waals surface area (Å²) in [7, 11) is 0. The van der Waals surface area contributed by atoms with Gasteiger partial charge in [0.25, 0.3) is 0 Å². The van der Waals surface area contributed by atoms with Crippen LogP contribution in [0.1, 0.15) is 32.8 Å². The molecule has 3 N–H and O–H groups in total. The van der Waals surface area contributed by atoms with Crippen LogP contribution in [0.15, 0.2) is 30.3 Å². The zero-order chi connectivity index (χ0) is 15.9. The number of nitrogens with one attached hydrogen (secondary N) is 1. The van der Waals surface area contributed by atoms with E-state index in [4.69, 9.17) is 10.5 Å². The first kappa shape index (κ1) is 17.3. The van der Waals surface area contributed by atoms with Crippen molar-refractivity contribution in [3.05, 3.63) is 35.9 Å². The van der Waals surface area contributed by atoms with Crippen molar-refractivity contribution in [3.8, 4) is 0 Å². The molecule has 1 atom stereocenters. The van der Waals surface area contributed by atoms with Crippen LogP contribution in [0.25, 0.3) is 0 Å². The third-order valence-electron chi connectivity index (χ3n) is 3.02. The molecule has 0 bridgehead atoms. The van der Waals surface area contributed by atoms with Crippen molar-refractivity contribution < 1.29 is 14.3 Å². The maximum Gasteiger partial charge on any atom is 0.240 e. The number of amides is 1. The molecular formula is C16H24N2O3. The van der Waals surface area contributed by atoms with Crippen LogP contribution in [0.2, 0.25) is 0 Å². The molecule has 0 radical (unpaired) electrons. The summed E-state index contributed by atoms with van der Waals surface area (Å²) in [6, 6.07) is 9.00. The molecule has 0 aliphatic heterocycles. The normalized spacial score (nSPS) is 12.8. The van der Waals surface area contributed by atoms with E-state index in [2.05, 4.69) is 5.32 Å². The van der Waals surface area contributed by atoms with E-state index < -0.39 is 11.6 Å². The Morgan fingerprint density at radius 2 is 1.90 bits per heavy atom. The second-order valence-corrected chi connectivity index (χ2v) is 5.57. The lowest BCUT2D eigenvalue weighted by molar-refractivity contribution is -0.131. The molecule has 0 aliphatic rings. The van der Waals surface area contributed by atoms with Crippen LogP contribution in [0.4, 0.5) is 0 Å². The Kier molecular flexibility index (Phi) is 6.52. The molecule has 1 aromatic rings. The zero-order valence-corrected chi connectivity index (χ0v) is 12.9. The molecule has 0 aliphatic carbocycles. The highest BCUT2D eigenvalue weighted by molar-refractivity contribution is 5.92. The van der Waals surface area contributed by atoms with Crippen LogP contribution in [-0.2, 0) is 20.9 Å². The molecule has 0 fully saturated rings. The van der Waals surface area contributed by atoms with Crippen molar-refractivity contribution in [2.75, 3.05) is 6.61 Å². The Bertz CT molecular complexity index is 466. The molecule has 5 nitrogen and oxygen atoms in total. The van der Waals surface area contributed by atoms with E-state index in [0.717, 1.165) is 5.56 Å². The molecule has 0 saturated heterocycles. The van der Waals surface area contributed by atoms with Crippen LogP contribution in [-0.4, -0.2) is 29.9 Å². The summed E-state index contributed by atoms with van der Waals surface area (Å²) < 4.78 is 5.54. The van der Waals surface area contributed by atoms with E-state index in [-0.39, 0.29) is 18.3 Å². The highest BCUT2D eigenvalue weighted by Gasteiger charge is 2.27. The van der Waals surface area contributed by atoms with E-state index >= 15 is 0 Å². The number of benzene rings is 1. The number of ketones is 1. The van der Waals surface area contributed by atoms with Gasteiger partial charge in [0.05, 0.1) is 18.8 Å². The molecule has 0 saturated carbocycles. The summed E-state index contributed by atoms with van der Waals surface area (Å²) in [5.41, 5.74) is 5.72. The first-order valence-corrected chi connectivity index (χ1v) is 7.08. The summed E-state index contributed by atoms with van der Waals surface area (Å²) >= 11 is 0. The number of hydrogen-bond acceptors (Lipinski definition) is 4. The van der Waals surface area contributed by atoms with Gasteiger partial charge in [0.2, 0.25) is 5.91 Å². The van der Waals surface area contributed by atoms with Gasteiger partial charge in [-0.3, -0.25) is 9.59 Å². The summed E-state index contributed by atoms with van der Waals surface area (Å²) in [4.78, 5) is 23.8. The fraction of sp³-hybridized carbons (Fsp3) is 0.500. The van der Waals surface area contributed by atoms with Gasteiger partial charge in [-0.25, -0.2) is 0 Å². The van der Waals surface area contributed by atoms with Crippen LogP contribution in [0.5, 0.6) is 0 Å². The van der Waals surface area contributed by atoms with Gasteiger partial charge in [-0.2, -0.15) is 0 Å². The highest BCUT2D eigenvalue weighted by atomic mass is 16.5. The fourth-order valence-electron chi connectivity index (χ4n) is 1.67. The minimum atomic E-state index is -1.02. The van der Waals surface area contributed by atoms with Gasteiger partial charge in [-0.05, 0) is 19.4 Å². The molecule has 0 spiro atoms. The van der Waals surface area contributed by atoms with Gasteiger partial charge in [-0.15, -0.1) is 0 Å². The maximum absolute atomic E-state index is 11.9. The third kappa shape index (κ3) is 6.06. The molecule has 21 heavy (non-hydrogen) atoms. The number of carbonyl (C=O) groups is 2. The standard InChI is InChI=1S/C16H24N2O3/c1-4-14(19)13(18-15(20)16(2,3)17)11-21-10-12-8-6-5-7-9-12/h5-9,13H,4,10-11,17H2,1-3H3,(H,18,20)/t13-/m1/s1. The number of carbonyl (C=O) groups excluding carboxylic acids is 2. The van der Waals surface area contributed by atoms with Crippen LogP contribution >= 0.6 is 0 Å². The number of rotatable bonds is 8. The lowest BCUT2D eigenvalue weighted by atomic mass is 10.0. The van der Waals surface area contributed by atoms with Crippen molar-refractivity contribution in [2.24, 2.45) is 5.73 Å². The fourth-order valence-corrected chi connectivity index (χ4v) is 1.67. The molecule has 1 aromatic carbocycles. The monoisotopic (exact) mass is 292 g/mol. The van der Waals surface area contributed by atoms with Crippen LogP contribution in [0.3, 0.4) is 0 Å². The summed E-state index contributed by atoms with van der Waals surface area (Å²) in [6.07, 6.45) is 0.338. The average molecular weight is 292 g/mol. The lowest BCUT2D eigenvalue weighted by Crippen LogP contribution is -2.55. The molecule has 5 heteroatoms. The molecule has 0 heterocycles. The van der Waals surface area contributed by atoms with E-state index in [0.29, 0.717) is 13.0 Å². The van der Waals surface area contributed by atoms with Crippen molar-refractivity contribution in [2.45, 2.75) is 45.4 Å². The van der Waals surface area contributed by atoms with Crippen molar-refractivity contribution in [1.82, 2.24) is 5.32 Å². The predicted molar refractivity (Wildman–Crippen MR) is 81.6 cm³/mol. The molecule has 1 amide bonds. The maximum atomic E-state index is 11.9. The zero-order valence-electron chi connectivity index (χ0n) is 12.9. The average Bonchev–Trinajstić information content (AvgIpc) is 2.45. The van der Waals surface area contributed by atoms with Crippen molar-refractivity contribution in [3.63, 3.8) is 0 Å². The minimum absolute atomic E-state index is 0.0688.